The van der Waals surface area contributed by atoms with Crippen molar-refractivity contribution >= 4 is 0 Å². The van der Waals surface area contributed by atoms with Crippen LogP contribution in [0, 0.1) is 5.82 Å². The van der Waals surface area contributed by atoms with Crippen molar-refractivity contribution in [2.45, 2.75) is 30.7 Å². The summed E-state index contributed by atoms with van der Waals surface area (Å²) in [5.74, 6) is -4.25. The lowest BCUT2D eigenvalue weighted by Gasteiger charge is -2.19. The van der Waals surface area contributed by atoms with Crippen LogP contribution in [-0.4, -0.2) is 35.0 Å². The Kier molecular flexibility index (Phi) is 3.12. The van der Waals surface area contributed by atoms with Crippen LogP contribution in [0.15, 0.2) is 24.3 Å². The second-order valence-corrected chi connectivity index (χ2v) is 4.49. The van der Waals surface area contributed by atoms with Gasteiger partial charge in [-0.05, 0) is 13.0 Å². The molecule has 3 nitrogen and oxygen atoms in total. The monoisotopic (exact) mass is 262 g/mol. The average Bonchev–Trinajstić information content (AvgIpc) is 3.02. The molecule has 0 radical (unpaired) electrons. The number of alkyl halides is 2. The minimum Gasteiger partial charge on any atom is -0.390 e. The zero-order valence-electron chi connectivity index (χ0n) is 9.61. The van der Waals surface area contributed by atoms with Crippen molar-refractivity contribution in [3.63, 3.8) is 0 Å². The number of aliphatic hydroxyl groups is 2. The molecule has 2 N–H and O–H groups in total. The molecule has 1 aromatic rings. The molecule has 0 unspecified atom stereocenters. The summed E-state index contributed by atoms with van der Waals surface area (Å²) in [6, 6.07) is 5.63. The number of rotatable bonds is 4. The highest BCUT2D eigenvalue weighted by Crippen LogP contribution is 2.50. The molecular formula is C12H13F3O3. The van der Waals surface area contributed by atoms with Gasteiger partial charge in [-0.15, -0.1) is 0 Å². The van der Waals surface area contributed by atoms with E-state index in [0.29, 0.717) is 0 Å². The van der Waals surface area contributed by atoms with Crippen molar-refractivity contribution in [1.82, 2.24) is 0 Å². The summed E-state index contributed by atoms with van der Waals surface area (Å²) in [6.45, 7) is -0.0614. The summed E-state index contributed by atoms with van der Waals surface area (Å²) in [6.07, 6.45) is -3.41. The maximum atomic E-state index is 13.5. The van der Waals surface area contributed by atoms with Gasteiger partial charge in [-0.25, -0.2) is 13.2 Å². The zero-order valence-corrected chi connectivity index (χ0v) is 9.61. The van der Waals surface area contributed by atoms with Gasteiger partial charge < -0.3 is 14.9 Å². The van der Waals surface area contributed by atoms with Gasteiger partial charge in [0.05, 0.1) is 0 Å². The van der Waals surface area contributed by atoms with Crippen LogP contribution < -0.4 is 0 Å². The summed E-state index contributed by atoms with van der Waals surface area (Å²) in [4.78, 5) is 0. The smallest absolute Gasteiger partial charge is 0.298 e. The standard InChI is InChI=1S/C12H13F3O3/c1-11(7-4-2-3-5-8(7)13)10(18-11)9(17)12(14,15)6-16/h2-5,9-10,16-17H,6H2,1H3/t9-,10-,11-/m0/s1. The van der Waals surface area contributed by atoms with Gasteiger partial charge >= 0.3 is 0 Å². The maximum Gasteiger partial charge on any atom is 0.298 e. The van der Waals surface area contributed by atoms with Gasteiger partial charge in [0.25, 0.3) is 5.92 Å². The van der Waals surface area contributed by atoms with Crippen LogP contribution in [0.25, 0.3) is 0 Å². The first kappa shape index (κ1) is 13.3. The molecule has 0 amide bonds. The molecule has 0 spiro atoms. The first-order valence-corrected chi connectivity index (χ1v) is 5.42. The number of hydrogen-bond acceptors (Lipinski definition) is 3. The lowest BCUT2D eigenvalue weighted by molar-refractivity contribution is -0.143. The van der Waals surface area contributed by atoms with Crippen molar-refractivity contribution in [3.8, 4) is 0 Å². The third-order valence-electron chi connectivity index (χ3n) is 3.20. The SMILES string of the molecule is C[C@@]1(c2ccccc2F)O[C@H]1[C@H](O)C(F)(F)CO. The summed E-state index contributed by atoms with van der Waals surface area (Å²) >= 11 is 0. The van der Waals surface area contributed by atoms with Crippen LogP contribution in [0.4, 0.5) is 13.2 Å². The Morgan fingerprint density at radius 1 is 1.44 bits per heavy atom. The second kappa shape index (κ2) is 4.22. The highest BCUT2D eigenvalue weighted by atomic mass is 19.3. The Morgan fingerprint density at radius 2 is 2.06 bits per heavy atom. The lowest BCUT2D eigenvalue weighted by atomic mass is 9.92. The third-order valence-corrected chi connectivity index (χ3v) is 3.20. The minimum absolute atomic E-state index is 0.114. The van der Waals surface area contributed by atoms with E-state index >= 15 is 0 Å². The molecule has 1 aliphatic rings. The predicted octanol–water partition coefficient (Wildman–Crippen LogP) is 1.43. The van der Waals surface area contributed by atoms with Crippen molar-refractivity contribution in [3.05, 3.63) is 35.6 Å². The molecule has 3 atom stereocenters. The van der Waals surface area contributed by atoms with E-state index in [-0.39, 0.29) is 5.56 Å². The molecule has 1 saturated heterocycles. The van der Waals surface area contributed by atoms with Crippen LogP contribution in [0.5, 0.6) is 0 Å². The Labute approximate surface area is 102 Å². The fourth-order valence-corrected chi connectivity index (χ4v) is 1.99. The van der Waals surface area contributed by atoms with E-state index in [2.05, 4.69) is 0 Å². The van der Waals surface area contributed by atoms with Crippen LogP contribution in [0.1, 0.15) is 12.5 Å². The normalized spacial score (nSPS) is 29.1. The predicted molar refractivity (Wildman–Crippen MR) is 56.7 cm³/mol. The summed E-state index contributed by atoms with van der Waals surface area (Å²) < 4.78 is 44.8. The third kappa shape index (κ3) is 2.00. The van der Waals surface area contributed by atoms with Gasteiger partial charge in [-0.1, -0.05) is 18.2 Å². The van der Waals surface area contributed by atoms with Crippen molar-refractivity contribution in [2.75, 3.05) is 6.61 Å². The molecule has 1 aliphatic heterocycles. The molecule has 100 valence electrons. The topological polar surface area (TPSA) is 53.0 Å². The number of benzene rings is 1. The van der Waals surface area contributed by atoms with Gasteiger partial charge in [-0.2, -0.15) is 0 Å². The van der Waals surface area contributed by atoms with Crippen LogP contribution in [0.2, 0.25) is 0 Å². The van der Waals surface area contributed by atoms with Gasteiger partial charge in [0.1, 0.15) is 30.2 Å². The molecule has 18 heavy (non-hydrogen) atoms. The van der Waals surface area contributed by atoms with Gasteiger partial charge in [0.15, 0.2) is 0 Å². The lowest BCUT2D eigenvalue weighted by Crippen LogP contribution is -2.42. The molecular weight excluding hydrogens is 249 g/mol. The van der Waals surface area contributed by atoms with Crippen molar-refractivity contribution in [1.29, 1.82) is 0 Å². The zero-order chi connectivity index (χ0) is 13.6. The first-order chi connectivity index (χ1) is 8.33. The summed E-state index contributed by atoms with van der Waals surface area (Å²) in [5, 5.41) is 17.9. The van der Waals surface area contributed by atoms with E-state index in [1.165, 1.54) is 25.1 Å². The minimum atomic E-state index is -3.67. The van der Waals surface area contributed by atoms with Crippen molar-refractivity contribution in [2.24, 2.45) is 0 Å². The Hall–Kier alpha value is -1.11. The first-order valence-electron chi connectivity index (χ1n) is 5.42. The number of aliphatic hydroxyl groups excluding tert-OH is 2. The van der Waals surface area contributed by atoms with Gasteiger partial charge in [-0.3, -0.25) is 0 Å². The molecule has 0 aliphatic carbocycles. The molecule has 0 aromatic heterocycles. The molecule has 2 rings (SSSR count). The van der Waals surface area contributed by atoms with Crippen LogP contribution >= 0.6 is 0 Å². The fraction of sp³-hybridized carbons (Fsp3) is 0.500. The van der Waals surface area contributed by atoms with E-state index in [1.54, 1.807) is 6.07 Å². The molecule has 0 bridgehead atoms. The summed E-state index contributed by atoms with van der Waals surface area (Å²) in [7, 11) is 0. The van der Waals surface area contributed by atoms with E-state index in [1.807, 2.05) is 0 Å². The number of hydrogen-bond donors (Lipinski definition) is 2. The van der Waals surface area contributed by atoms with Crippen molar-refractivity contribution < 1.29 is 28.1 Å². The Morgan fingerprint density at radius 3 is 2.61 bits per heavy atom. The molecule has 1 aromatic carbocycles. The quantitative estimate of drug-likeness (QED) is 0.807. The Balaban J connectivity index is 2.22. The number of epoxide rings is 1. The van der Waals surface area contributed by atoms with E-state index in [9.17, 15) is 18.3 Å². The van der Waals surface area contributed by atoms with E-state index in [0.717, 1.165) is 0 Å². The number of halogens is 3. The molecule has 0 saturated carbocycles. The molecule has 6 heteroatoms. The van der Waals surface area contributed by atoms with E-state index in [4.69, 9.17) is 9.84 Å². The summed E-state index contributed by atoms with van der Waals surface area (Å²) in [5.41, 5.74) is -1.17. The van der Waals surface area contributed by atoms with Crippen LogP contribution in [-0.2, 0) is 10.3 Å². The van der Waals surface area contributed by atoms with E-state index < -0.39 is 36.2 Å². The van der Waals surface area contributed by atoms with Gasteiger partial charge in [0, 0.05) is 5.56 Å². The number of ether oxygens (including phenoxy) is 1. The maximum absolute atomic E-state index is 13.5. The van der Waals surface area contributed by atoms with Gasteiger partial charge in [0.2, 0.25) is 0 Å². The largest absolute Gasteiger partial charge is 0.390 e. The highest BCUT2D eigenvalue weighted by Gasteiger charge is 2.63. The molecule has 1 heterocycles. The second-order valence-electron chi connectivity index (χ2n) is 4.49. The van der Waals surface area contributed by atoms with Crippen LogP contribution in [0.3, 0.4) is 0 Å². The average molecular weight is 262 g/mol. The highest BCUT2D eigenvalue weighted by molar-refractivity contribution is 5.31. The fourth-order valence-electron chi connectivity index (χ4n) is 1.99. The Bertz CT molecular complexity index is 452. The molecule has 1 fully saturated rings.